The smallest absolute Gasteiger partial charge is 0.191 e. The molecule has 0 radical (unpaired) electrons. The lowest BCUT2D eigenvalue weighted by Crippen LogP contribution is -2.20. The van der Waals surface area contributed by atoms with Crippen molar-refractivity contribution in [2.45, 2.75) is 17.8 Å². The second-order valence-corrected chi connectivity index (χ2v) is 6.96. The minimum Gasteiger partial charge on any atom is -0.491 e. The third kappa shape index (κ3) is 4.86. The minimum atomic E-state index is -0.609. The van der Waals surface area contributed by atoms with Gasteiger partial charge >= 0.3 is 0 Å². The van der Waals surface area contributed by atoms with Crippen molar-refractivity contribution >= 4 is 27.7 Å². The lowest BCUT2D eigenvalue weighted by Gasteiger charge is -2.12. The number of thioether (sulfide) groups is 1. The summed E-state index contributed by atoms with van der Waals surface area (Å²) in [4.78, 5) is 0. The summed E-state index contributed by atoms with van der Waals surface area (Å²) in [6, 6.07) is 11.3. The number of furan rings is 1. The maximum atomic E-state index is 10.1. The van der Waals surface area contributed by atoms with E-state index in [0.29, 0.717) is 12.3 Å². The zero-order valence-corrected chi connectivity index (χ0v) is 15.1. The Labute approximate surface area is 152 Å². The SMILES string of the molecule is OC(COc1cccc(Br)c1)CSc1nncn1Cc1ccco1. The molecular weight excluding hydrogens is 394 g/mol. The number of rotatable bonds is 8. The van der Waals surface area contributed by atoms with Gasteiger partial charge < -0.3 is 18.8 Å². The van der Waals surface area contributed by atoms with Crippen molar-refractivity contribution in [1.29, 1.82) is 0 Å². The Morgan fingerprint density at radius 2 is 2.25 bits per heavy atom. The Balaban J connectivity index is 1.48. The van der Waals surface area contributed by atoms with Crippen LogP contribution in [0.4, 0.5) is 0 Å². The van der Waals surface area contributed by atoms with E-state index in [0.717, 1.165) is 21.1 Å². The molecule has 8 heteroatoms. The van der Waals surface area contributed by atoms with Crippen LogP contribution in [0.1, 0.15) is 5.76 Å². The summed E-state index contributed by atoms with van der Waals surface area (Å²) in [6.45, 7) is 0.781. The third-order valence-corrected chi connectivity index (χ3v) is 4.75. The van der Waals surface area contributed by atoms with Gasteiger partial charge in [0, 0.05) is 10.2 Å². The van der Waals surface area contributed by atoms with Crippen LogP contribution in [0.25, 0.3) is 0 Å². The summed E-state index contributed by atoms with van der Waals surface area (Å²) >= 11 is 4.82. The first-order valence-electron chi connectivity index (χ1n) is 7.30. The second-order valence-electron chi connectivity index (χ2n) is 5.05. The third-order valence-electron chi connectivity index (χ3n) is 3.13. The molecule has 3 rings (SSSR count). The van der Waals surface area contributed by atoms with Gasteiger partial charge in [0.15, 0.2) is 5.16 Å². The van der Waals surface area contributed by atoms with Crippen molar-refractivity contribution in [2.75, 3.05) is 12.4 Å². The average Bonchev–Trinajstić information content (AvgIpc) is 3.23. The van der Waals surface area contributed by atoms with Gasteiger partial charge in [0.1, 0.15) is 24.4 Å². The first-order valence-corrected chi connectivity index (χ1v) is 9.08. The van der Waals surface area contributed by atoms with Gasteiger partial charge in [-0.3, -0.25) is 0 Å². The predicted octanol–water partition coefficient (Wildman–Crippen LogP) is 3.21. The quantitative estimate of drug-likeness (QED) is 0.575. The fourth-order valence-electron chi connectivity index (χ4n) is 2.00. The largest absolute Gasteiger partial charge is 0.491 e. The van der Waals surface area contributed by atoms with Crippen LogP contribution in [-0.4, -0.2) is 38.3 Å². The van der Waals surface area contributed by atoms with Gasteiger partial charge in [-0.2, -0.15) is 0 Å². The van der Waals surface area contributed by atoms with Gasteiger partial charge in [-0.1, -0.05) is 33.8 Å². The van der Waals surface area contributed by atoms with Crippen molar-refractivity contribution in [3.8, 4) is 5.75 Å². The van der Waals surface area contributed by atoms with Crippen LogP contribution in [0.5, 0.6) is 5.75 Å². The highest BCUT2D eigenvalue weighted by atomic mass is 79.9. The Kier molecular flexibility index (Phi) is 5.95. The van der Waals surface area contributed by atoms with Crippen LogP contribution in [0.3, 0.4) is 0 Å². The highest BCUT2D eigenvalue weighted by Crippen LogP contribution is 2.20. The molecule has 1 atom stereocenters. The lowest BCUT2D eigenvalue weighted by molar-refractivity contribution is 0.126. The number of aliphatic hydroxyl groups is 1. The zero-order chi connectivity index (χ0) is 16.8. The number of hydrogen-bond acceptors (Lipinski definition) is 6. The van der Waals surface area contributed by atoms with Gasteiger partial charge in [0.2, 0.25) is 0 Å². The monoisotopic (exact) mass is 409 g/mol. The number of nitrogens with zero attached hydrogens (tertiary/aromatic N) is 3. The minimum absolute atomic E-state index is 0.218. The van der Waals surface area contributed by atoms with Crippen LogP contribution < -0.4 is 4.74 Å². The van der Waals surface area contributed by atoms with Crippen molar-refractivity contribution in [1.82, 2.24) is 14.8 Å². The van der Waals surface area contributed by atoms with Crippen molar-refractivity contribution in [3.63, 3.8) is 0 Å². The number of aliphatic hydroxyl groups excluding tert-OH is 1. The second kappa shape index (κ2) is 8.36. The van der Waals surface area contributed by atoms with Crippen LogP contribution >= 0.6 is 27.7 Å². The molecule has 2 aromatic heterocycles. The van der Waals surface area contributed by atoms with Gasteiger partial charge in [0.05, 0.1) is 18.9 Å². The maximum absolute atomic E-state index is 10.1. The highest BCUT2D eigenvalue weighted by Gasteiger charge is 2.11. The molecule has 2 heterocycles. The Hall–Kier alpha value is -1.77. The molecule has 0 saturated heterocycles. The first kappa shape index (κ1) is 17.1. The zero-order valence-electron chi connectivity index (χ0n) is 12.7. The first-order chi connectivity index (χ1) is 11.7. The summed E-state index contributed by atoms with van der Waals surface area (Å²) in [5, 5.41) is 18.8. The van der Waals surface area contributed by atoms with Crippen molar-refractivity contribution in [2.24, 2.45) is 0 Å². The molecule has 1 unspecified atom stereocenters. The van der Waals surface area contributed by atoms with E-state index in [4.69, 9.17) is 9.15 Å². The molecule has 0 bridgehead atoms. The fourth-order valence-corrected chi connectivity index (χ4v) is 3.20. The normalized spacial score (nSPS) is 12.2. The van der Waals surface area contributed by atoms with E-state index >= 15 is 0 Å². The predicted molar refractivity (Wildman–Crippen MR) is 94.2 cm³/mol. The summed E-state index contributed by atoms with van der Waals surface area (Å²) in [5.41, 5.74) is 0. The van der Waals surface area contributed by atoms with Crippen LogP contribution in [0.15, 0.2) is 63.0 Å². The standard InChI is InChI=1S/C16H16BrN3O3S/c17-12-3-1-4-14(7-12)23-9-13(21)10-24-16-19-18-11-20(16)8-15-5-2-6-22-15/h1-7,11,13,21H,8-10H2. The van der Waals surface area contributed by atoms with Gasteiger partial charge in [-0.05, 0) is 30.3 Å². The molecule has 0 saturated carbocycles. The van der Waals surface area contributed by atoms with Gasteiger partial charge in [0.25, 0.3) is 0 Å². The fraction of sp³-hybridized carbons (Fsp3) is 0.250. The molecule has 1 aromatic carbocycles. The Bertz CT molecular complexity index is 764. The molecule has 0 aliphatic rings. The highest BCUT2D eigenvalue weighted by molar-refractivity contribution is 9.10. The number of halogens is 1. The van der Waals surface area contributed by atoms with E-state index in [2.05, 4.69) is 26.1 Å². The van der Waals surface area contributed by atoms with E-state index in [1.807, 2.05) is 41.0 Å². The molecule has 0 aliphatic carbocycles. The number of aromatic nitrogens is 3. The topological polar surface area (TPSA) is 73.3 Å². The molecule has 1 N–H and O–H groups in total. The van der Waals surface area contributed by atoms with Crippen molar-refractivity contribution < 1.29 is 14.3 Å². The molecule has 0 fully saturated rings. The summed E-state index contributed by atoms with van der Waals surface area (Å²) in [7, 11) is 0. The van der Waals surface area contributed by atoms with Crippen molar-refractivity contribution in [3.05, 3.63) is 59.2 Å². The van der Waals surface area contributed by atoms with E-state index < -0.39 is 6.10 Å². The molecule has 0 amide bonds. The van der Waals surface area contributed by atoms with Crippen LogP contribution in [-0.2, 0) is 6.54 Å². The Morgan fingerprint density at radius 3 is 3.04 bits per heavy atom. The lowest BCUT2D eigenvalue weighted by atomic mass is 10.3. The molecular formula is C16H16BrN3O3S. The summed E-state index contributed by atoms with van der Waals surface area (Å²) in [5.74, 6) is 2.01. The molecule has 126 valence electrons. The number of benzene rings is 1. The number of hydrogen-bond donors (Lipinski definition) is 1. The molecule has 0 spiro atoms. The molecule has 0 aliphatic heterocycles. The molecule has 24 heavy (non-hydrogen) atoms. The average molecular weight is 410 g/mol. The maximum Gasteiger partial charge on any atom is 0.191 e. The van der Waals surface area contributed by atoms with E-state index in [9.17, 15) is 5.11 Å². The molecule has 6 nitrogen and oxygen atoms in total. The van der Waals surface area contributed by atoms with E-state index in [1.165, 1.54) is 11.8 Å². The van der Waals surface area contributed by atoms with Crippen LogP contribution in [0, 0.1) is 0 Å². The Morgan fingerprint density at radius 1 is 1.33 bits per heavy atom. The van der Waals surface area contributed by atoms with Gasteiger partial charge in [-0.15, -0.1) is 10.2 Å². The van der Waals surface area contributed by atoms with E-state index in [-0.39, 0.29) is 6.61 Å². The van der Waals surface area contributed by atoms with Gasteiger partial charge in [-0.25, -0.2) is 0 Å². The summed E-state index contributed by atoms with van der Waals surface area (Å²) in [6.07, 6.45) is 2.67. The summed E-state index contributed by atoms with van der Waals surface area (Å²) < 4.78 is 13.7. The van der Waals surface area contributed by atoms with Crippen LogP contribution in [0.2, 0.25) is 0 Å². The molecule has 3 aromatic rings. The van der Waals surface area contributed by atoms with E-state index in [1.54, 1.807) is 12.6 Å². The number of ether oxygens (including phenoxy) is 1.